The third kappa shape index (κ3) is 3.30. The highest BCUT2D eigenvalue weighted by Gasteiger charge is 2.04. The summed E-state index contributed by atoms with van der Waals surface area (Å²) in [6, 6.07) is 10.1. The van der Waals surface area contributed by atoms with Crippen LogP contribution in [0.3, 0.4) is 0 Å². The molecule has 0 aliphatic rings. The van der Waals surface area contributed by atoms with Crippen LogP contribution in [0, 0.1) is 11.8 Å². The highest BCUT2D eigenvalue weighted by molar-refractivity contribution is 7.10. The fourth-order valence-corrected chi connectivity index (χ4v) is 2.06. The van der Waals surface area contributed by atoms with Gasteiger partial charge in [0.05, 0.1) is 4.88 Å². The third-order valence-electron chi connectivity index (χ3n) is 2.35. The lowest BCUT2D eigenvalue weighted by atomic mass is 10.3. The van der Waals surface area contributed by atoms with Crippen molar-refractivity contribution in [2.24, 2.45) is 0 Å². The van der Waals surface area contributed by atoms with Gasteiger partial charge in [-0.3, -0.25) is 0 Å². The van der Waals surface area contributed by atoms with Crippen LogP contribution in [0.4, 0.5) is 0 Å². The van der Waals surface area contributed by atoms with Crippen molar-refractivity contribution in [2.75, 3.05) is 0 Å². The quantitative estimate of drug-likeness (QED) is 0.441. The second-order valence-corrected chi connectivity index (χ2v) is 4.53. The first-order valence-corrected chi connectivity index (χ1v) is 6.43. The first kappa shape index (κ1) is 11.6. The van der Waals surface area contributed by atoms with Gasteiger partial charge in [0.25, 0.3) is 5.69 Å². The summed E-state index contributed by atoms with van der Waals surface area (Å²) in [4.78, 5) is 1.10. The zero-order valence-electron chi connectivity index (χ0n) is 9.60. The summed E-state index contributed by atoms with van der Waals surface area (Å²) in [7, 11) is 0. The Kier molecular flexibility index (Phi) is 4.12. The summed E-state index contributed by atoms with van der Waals surface area (Å²) in [5.74, 6) is 6.39. The third-order valence-corrected chi connectivity index (χ3v) is 3.14. The molecule has 0 radical (unpaired) electrons. The molecule has 0 fully saturated rings. The smallest absolute Gasteiger partial charge is 0.191 e. The Balaban J connectivity index is 2.22. The zero-order valence-corrected chi connectivity index (χ0v) is 10.4. The zero-order chi connectivity index (χ0) is 11.9. The second kappa shape index (κ2) is 6.03. The standard InChI is InChI=1S/C15H14NS/c1-2-3-11-16-12-5-4-7-14(16)9-10-15-8-6-13-17-15/h2,4-8,12-13H,1,3,11H2/q+1. The number of aryl methyl sites for hydroxylation is 1. The first-order chi connectivity index (χ1) is 8.40. The first-order valence-electron chi connectivity index (χ1n) is 5.55. The molecule has 0 aliphatic carbocycles. The number of thiophene rings is 1. The number of rotatable bonds is 3. The lowest BCUT2D eigenvalue weighted by Gasteiger charge is -1.95. The van der Waals surface area contributed by atoms with Crippen LogP contribution >= 0.6 is 11.3 Å². The van der Waals surface area contributed by atoms with Gasteiger partial charge in [-0.1, -0.05) is 12.1 Å². The molecule has 84 valence electrons. The summed E-state index contributed by atoms with van der Waals surface area (Å²) in [6.07, 6.45) is 4.95. The molecule has 2 heteroatoms. The molecule has 0 unspecified atom stereocenters. The minimum absolute atomic E-state index is 0.929. The summed E-state index contributed by atoms with van der Waals surface area (Å²) in [6.45, 7) is 4.67. The minimum atomic E-state index is 0.929. The largest absolute Gasteiger partial charge is 0.257 e. The van der Waals surface area contributed by atoms with E-state index in [4.69, 9.17) is 0 Å². The molecule has 0 saturated carbocycles. The molecule has 0 aliphatic heterocycles. The number of nitrogens with zero attached hydrogens (tertiary/aromatic N) is 1. The summed E-state index contributed by atoms with van der Waals surface area (Å²) >= 11 is 1.67. The van der Waals surface area contributed by atoms with Gasteiger partial charge < -0.3 is 0 Å². The fourth-order valence-electron chi connectivity index (χ4n) is 1.49. The molecule has 17 heavy (non-hydrogen) atoms. The summed E-state index contributed by atoms with van der Waals surface area (Å²) in [5, 5.41) is 2.04. The molecule has 1 nitrogen and oxygen atoms in total. The second-order valence-electron chi connectivity index (χ2n) is 3.58. The van der Waals surface area contributed by atoms with E-state index in [1.807, 2.05) is 41.8 Å². The Hall–Kier alpha value is -1.85. The molecule has 0 saturated heterocycles. The monoisotopic (exact) mass is 240 g/mol. The van der Waals surface area contributed by atoms with E-state index in [2.05, 4.69) is 29.2 Å². The maximum Gasteiger partial charge on any atom is 0.257 e. The van der Waals surface area contributed by atoms with Gasteiger partial charge in [-0.15, -0.1) is 17.9 Å². The van der Waals surface area contributed by atoms with Crippen molar-refractivity contribution in [3.8, 4) is 11.8 Å². The van der Waals surface area contributed by atoms with Gasteiger partial charge >= 0.3 is 0 Å². The van der Waals surface area contributed by atoms with Crippen LogP contribution in [-0.4, -0.2) is 0 Å². The lowest BCUT2D eigenvalue weighted by molar-refractivity contribution is -0.698. The molecule has 0 atom stereocenters. The Labute approximate surface area is 106 Å². The predicted octanol–water partition coefficient (Wildman–Crippen LogP) is 3.01. The van der Waals surface area contributed by atoms with Crippen molar-refractivity contribution in [3.05, 3.63) is 65.1 Å². The minimum Gasteiger partial charge on any atom is -0.191 e. The predicted molar refractivity (Wildman–Crippen MR) is 71.8 cm³/mol. The van der Waals surface area contributed by atoms with Gasteiger partial charge in [-0.05, 0) is 23.4 Å². The molecule has 0 amide bonds. The van der Waals surface area contributed by atoms with E-state index in [9.17, 15) is 0 Å². The SMILES string of the molecule is C=CCC[n+]1ccccc1C#Cc1cccs1. The highest BCUT2D eigenvalue weighted by Crippen LogP contribution is 2.05. The molecular formula is C15H14NS+. The van der Waals surface area contributed by atoms with Gasteiger partial charge in [0.1, 0.15) is 0 Å². The van der Waals surface area contributed by atoms with Gasteiger partial charge in [0, 0.05) is 24.5 Å². The molecule has 0 bridgehead atoms. The van der Waals surface area contributed by atoms with E-state index >= 15 is 0 Å². The lowest BCUT2D eigenvalue weighted by Crippen LogP contribution is -2.36. The summed E-state index contributed by atoms with van der Waals surface area (Å²) < 4.78 is 2.16. The number of hydrogen-bond donors (Lipinski definition) is 0. The van der Waals surface area contributed by atoms with Crippen LogP contribution < -0.4 is 4.57 Å². The molecule has 2 heterocycles. The van der Waals surface area contributed by atoms with E-state index in [0.717, 1.165) is 23.5 Å². The molecule has 0 aromatic carbocycles. The van der Waals surface area contributed by atoms with Crippen molar-refractivity contribution < 1.29 is 4.57 Å². The normalized spacial score (nSPS) is 9.41. The molecule has 2 aromatic heterocycles. The van der Waals surface area contributed by atoms with Crippen LogP contribution in [0.15, 0.2) is 54.6 Å². The topological polar surface area (TPSA) is 3.88 Å². The van der Waals surface area contributed by atoms with E-state index in [1.54, 1.807) is 11.3 Å². The van der Waals surface area contributed by atoms with E-state index in [1.165, 1.54) is 0 Å². The number of pyridine rings is 1. The molecule has 2 aromatic rings. The van der Waals surface area contributed by atoms with Gasteiger partial charge in [-0.2, -0.15) is 4.57 Å². The fraction of sp³-hybridized carbons (Fsp3) is 0.133. The average molecular weight is 240 g/mol. The van der Waals surface area contributed by atoms with Crippen molar-refractivity contribution >= 4 is 11.3 Å². The molecule has 2 rings (SSSR count). The molecule has 0 spiro atoms. The van der Waals surface area contributed by atoms with Crippen molar-refractivity contribution in [3.63, 3.8) is 0 Å². The Morgan fingerprint density at radius 2 is 2.18 bits per heavy atom. The van der Waals surface area contributed by atoms with Crippen molar-refractivity contribution in [1.29, 1.82) is 0 Å². The van der Waals surface area contributed by atoms with Crippen LogP contribution in [0.25, 0.3) is 0 Å². The van der Waals surface area contributed by atoms with E-state index in [-0.39, 0.29) is 0 Å². The van der Waals surface area contributed by atoms with Crippen molar-refractivity contribution in [2.45, 2.75) is 13.0 Å². The number of hydrogen-bond acceptors (Lipinski definition) is 1. The van der Waals surface area contributed by atoms with E-state index < -0.39 is 0 Å². The maximum atomic E-state index is 3.74. The Bertz CT molecular complexity index is 544. The van der Waals surface area contributed by atoms with Crippen LogP contribution in [0.5, 0.6) is 0 Å². The Morgan fingerprint density at radius 3 is 2.94 bits per heavy atom. The van der Waals surface area contributed by atoms with E-state index in [0.29, 0.717) is 0 Å². The van der Waals surface area contributed by atoms with Gasteiger partial charge in [0.15, 0.2) is 12.7 Å². The van der Waals surface area contributed by atoms with Crippen LogP contribution in [0.2, 0.25) is 0 Å². The summed E-state index contributed by atoms with van der Waals surface area (Å²) in [5.41, 5.74) is 1.04. The average Bonchev–Trinajstić information content (AvgIpc) is 2.88. The van der Waals surface area contributed by atoms with Crippen LogP contribution in [-0.2, 0) is 6.54 Å². The van der Waals surface area contributed by atoms with Crippen LogP contribution in [0.1, 0.15) is 17.0 Å². The Morgan fingerprint density at radius 1 is 1.24 bits per heavy atom. The molecule has 0 N–H and O–H groups in total. The van der Waals surface area contributed by atoms with Gasteiger partial charge in [-0.25, -0.2) is 0 Å². The highest BCUT2D eigenvalue weighted by atomic mass is 32.1. The number of allylic oxidation sites excluding steroid dienone is 1. The maximum absolute atomic E-state index is 3.74. The number of aromatic nitrogens is 1. The van der Waals surface area contributed by atoms with Crippen molar-refractivity contribution in [1.82, 2.24) is 0 Å². The van der Waals surface area contributed by atoms with Gasteiger partial charge in [0.2, 0.25) is 0 Å². The molecular weight excluding hydrogens is 226 g/mol.